The highest BCUT2D eigenvalue weighted by Gasteiger charge is 2.69. The lowest BCUT2D eigenvalue weighted by Gasteiger charge is -2.22. The number of hydrogen-bond acceptors (Lipinski definition) is 8. The van der Waals surface area contributed by atoms with Gasteiger partial charge in [-0.25, -0.2) is 0 Å². The number of para-hydroxylation sites is 2. The van der Waals surface area contributed by atoms with Crippen molar-refractivity contribution in [2.75, 3.05) is 0 Å². The van der Waals surface area contributed by atoms with Crippen LogP contribution in [-0.4, -0.2) is 11.9 Å². The van der Waals surface area contributed by atoms with E-state index in [1.54, 1.807) is 60.7 Å². The van der Waals surface area contributed by atoms with Crippen LogP contribution in [0.15, 0.2) is 133 Å². The molecule has 0 aromatic heterocycles. The molecule has 1 aliphatic rings. The summed E-state index contributed by atoms with van der Waals surface area (Å²) in [7, 11) is 0. The second-order valence-electron chi connectivity index (χ2n) is 15.0. The Morgan fingerprint density at radius 2 is 1.02 bits per heavy atom. The van der Waals surface area contributed by atoms with Crippen molar-refractivity contribution in [2.45, 2.75) is 59.7 Å². The summed E-state index contributed by atoms with van der Waals surface area (Å²) in [6.07, 6.45) is -1.99. The third-order valence-electron chi connectivity index (χ3n) is 10.4. The Morgan fingerprint density at radius 3 is 1.43 bits per heavy atom. The Balaban J connectivity index is 0.000000216. The van der Waals surface area contributed by atoms with E-state index in [0.29, 0.717) is 39.1 Å². The Morgan fingerprint density at radius 1 is 0.589 bits per heavy atom. The van der Waals surface area contributed by atoms with Gasteiger partial charge in [0.1, 0.15) is 35.1 Å². The minimum Gasteiger partial charge on any atom is -0.457 e. The highest BCUT2D eigenvalue weighted by Crippen LogP contribution is 2.68. The van der Waals surface area contributed by atoms with E-state index in [2.05, 4.69) is 39.8 Å². The van der Waals surface area contributed by atoms with E-state index in [0.717, 1.165) is 5.56 Å². The Kier molecular flexibility index (Phi) is 13.2. The van der Waals surface area contributed by atoms with Crippen LogP contribution in [0.5, 0.6) is 23.0 Å². The quantitative estimate of drug-likeness (QED) is 0.115. The second-order valence-corrected chi connectivity index (χ2v) is 15.5. The summed E-state index contributed by atoms with van der Waals surface area (Å²) >= 11 is 5.96. The first-order chi connectivity index (χ1) is 26.7. The molecular weight excluding hydrogens is 724 g/mol. The predicted octanol–water partition coefficient (Wildman–Crippen LogP) is 11.9. The number of hydrogen-bond donors (Lipinski definition) is 0. The van der Waals surface area contributed by atoms with Gasteiger partial charge >= 0.3 is 11.9 Å². The highest BCUT2D eigenvalue weighted by molar-refractivity contribution is 6.30. The van der Waals surface area contributed by atoms with E-state index in [-0.39, 0.29) is 28.6 Å². The molecule has 5 aromatic carbocycles. The van der Waals surface area contributed by atoms with Crippen molar-refractivity contribution in [1.82, 2.24) is 0 Å². The zero-order valence-corrected chi connectivity index (χ0v) is 33.1. The second kappa shape index (κ2) is 18.0. The van der Waals surface area contributed by atoms with Gasteiger partial charge in [-0.3, -0.25) is 9.59 Å². The van der Waals surface area contributed by atoms with Gasteiger partial charge in [0.05, 0.1) is 11.8 Å². The number of nitrogens with zero attached hydrogens (tertiary/aromatic N) is 2. The van der Waals surface area contributed by atoms with Gasteiger partial charge in [-0.2, -0.15) is 10.5 Å². The van der Waals surface area contributed by atoms with Crippen LogP contribution in [0.4, 0.5) is 0 Å². The Labute approximate surface area is 334 Å². The monoisotopic (exact) mass is 768 g/mol. The van der Waals surface area contributed by atoms with Gasteiger partial charge in [0, 0.05) is 16.1 Å². The van der Waals surface area contributed by atoms with Gasteiger partial charge in [0.25, 0.3) is 0 Å². The van der Waals surface area contributed by atoms with Crippen LogP contribution in [0.2, 0.25) is 5.02 Å². The minimum absolute atomic E-state index is 0.00855. The molecule has 1 aliphatic carbocycles. The molecule has 1 fully saturated rings. The van der Waals surface area contributed by atoms with E-state index in [9.17, 15) is 20.1 Å². The summed E-state index contributed by atoms with van der Waals surface area (Å²) in [5.41, 5.74) is 1.71. The summed E-state index contributed by atoms with van der Waals surface area (Å²) in [6, 6.07) is 44.1. The van der Waals surface area contributed by atoms with Crippen LogP contribution in [0.3, 0.4) is 0 Å². The largest absolute Gasteiger partial charge is 0.457 e. The molecule has 1 saturated carbocycles. The summed E-state index contributed by atoms with van der Waals surface area (Å²) < 4.78 is 22.8. The van der Waals surface area contributed by atoms with Gasteiger partial charge in [-0.05, 0) is 83.0 Å². The summed E-state index contributed by atoms with van der Waals surface area (Å²) in [5.74, 6) is 1.07. The van der Waals surface area contributed by atoms with Gasteiger partial charge in [0.15, 0.2) is 0 Å². The topological polar surface area (TPSA) is 119 Å². The molecule has 3 unspecified atom stereocenters. The van der Waals surface area contributed by atoms with Crippen molar-refractivity contribution in [3.63, 3.8) is 0 Å². The third-order valence-corrected chi connectivity index (χ3v) is 10.6. The average molecular weight is 769 g/mol. The Hall–Kier alpha value is -6.09. The number of ether oxygens (including phenoxy) is 4. The lowest BCUT2D eigenvalue weighted by atomic mass is 9.88. The summed E-state index contributed by atoms with van der Waals surface area (Å²) in [4.78, 5) is 25.5. The molecule has 0 saturated heterocycles. The predicted molar refractivity (Wildman–Crippen MR) is 215 cm³/mol. The highest BCUT2D eigenvalue weighted by atomic mass is 35.5. The van der Waals surface area contributed by atoms with Crippen LogP contribution in [0.1, 0.15) is 76.4 Å². The van der Waals surface area contributed by atoms with Crippen molar-refractivity contribution in [1.29, 1.82) is 10.5 Å². The first kappa shape index (κ1) is 41.1. The fourth-order valence-electron chi connectivity index (χ4n) is 6.69. The molecule has 5 aromatic rings. The maximum absolute atomic E-state index is 13.0. The van der Waals surface area contributed by atoms with E-state index in [4.69, 9.17) is 30.5 Å². The molecule has 0 radical (unpaired) electrons. The van der Waals surface area contributed by atoms with Gasteiger partial charge in [0.2, 0.25) is 12.2 Å². The fourth-order valence-corrected chi connectivity index (χ4v) is 6.82. The SMILES string of the molecule is CC(C)C(C(=O)OC(C#N)c1cccc(Oc2ccccc2)c1)c1ccc(Cl)cc1.CC1(C)C(C(=O)OC(C#N)c2cccc(Oc3ccccc3)c2)C1(C)C. The standard InChI is InChI=1S/C25H22ClNO3.C22H23NO3/c1-17(2)24(18-11-13-20(26)14-12-18)25(28)30-23(16-27)19-7-6-10-22(15-19)29-21-8-4-3-5-9-21;1-21(2)19(22(21,3)4)20(24)26-18(14-23)15-9-8-12-17(13-15)25-16-10-6-5-7-11-16/h3-15,17,23-24H,1-2H3;5-13,18-19H,1-4H3. The normalized spacial score (nSPS) is 15.3. The molecule has 0 bridgehead atoms. The van der Waals surface area contributed by atoms with E-state index in [1.165, 1.54) is 0 Å². The number of rotatable bonds is 12. The van der Waals surface area contributed by atoms with E-state index >= 15 is 0 Å². The molecule has 0 spiro atoms. The molecule has 6 rings (SSSR count). The van der Waals surface area contributed by atoms with Crippen molar-refractivity contribution in [3.05, 3.63) is 155 Å². The third kappa shape index (κ3) is 9.96. The molecule has 0 amide bonds. The minimum atomic E-state index is -1.04. The fraction of sp³-hybridized carbons (Fsp3) is 0.277. The van der Waals surface area contributed by atoms with Gasteiger partial charge in [-0.1, -0.05) is 126 Å². The molecule has 0 N–H and O–H groups in total. The molecule has 3 atom stereocenters. The maximum atomic E-state index is 13.0. The van der Waals surface area contributed by atoms with Crippen LogP contribution < -0.4 is 9.47 Å². The maximum Gasteiger partial charge on any atom is 0.315 e. The zero-order chi connectivity index (χ0) is 40.5. The van der Waals surface area contributed by atoms with E-state index < -0.39 is 24.1 Å². The molecule has 8 nitrogen and oxygen atoms in total. The van der Waals surface area contributed by atoms with Crippen molar-refractivity contribution in [2.24, 2.45) is 22.7 Å². The smallest absolute Gasteiger partial charge is 0.315 e. The van der Waals surface area contributed by atoms with E-state index in [1.807, 2.05) is 86.6 Å². The number of carbonyl (C=O) groups is 2. The Bertz CT molecular complexity index is 2180. The number of halogens is 1. The number of esters is 2. The van der Waals surface area contributed by atoms with Crippen LogP contribution in [0, 0.1) is 45.3 Å². The van der Waals surface area contributed by atoms with Crippen molar-refractivity contribution in [3.8, 4) is 35.1 Å². The van der Waals surface area contributed by atoms with Crippen LogP contribution in [0.25, 0.3) is 0 Å². The van der Waals surface area contributed by atoms with Gasteiger partial charge in [-0.15, -0.1) is 0 Å². The number of carbonyl (C=O) groups excluding carboxylic acids is 2. The number of benzene rings is 5. The first-order valence-corrected chi connectivity index (χ1v) is 18.7. The summed E-state index contributed by atoms with van der Waals surface area (Å²) in [6.45, 7) is 12.1. The zero-order valence-electron chi connectivity index (χ0n) is 32.3. The molecular formula is C47H45ClN2O6. The summed E-state index contributed by atoms with van der Waals surface area (Å²) in [5, 5.41) is 19.8. The van der Waals surface area contributed by atoms with Crippen molar-refractivity contribution < 1.29 is 28.5 Å². The molecule has 0 aliphatic heterocycles. The molecule has 0 heterocycles. The number of nitriles is 2. The van der Waals surface area contributed by atoms with Crippen molar-refractivity contribution >= 4 is 23.5 Å². The first-order valence-electron chi connectivity index (χ1n) is 18.4. The lowest BCUT2D eigenvalue weighted by Crippen LogP contribution is -2.22. The van der Waals surface area contributed by atoms with Crippen LogP contribution >= 0.6 is 11.6 Å². The molecule has 56 heavy (non-hydrogen) atoms. The molecule has 286 valence electrons. The van der Waals surface area contributed by atoms with Crippen LogP contribution in [-0.2, 0) is 19.1 Å². The van der Waals surface area contributed by atoms with Gasteiger partial charge < -0.3 is 18.9 Å². The average Bonchev–Trinajstić information content (AvgIpc) is 3.61. The molecule has 9 heteroatoms. The lowest BCUT2D eigenvalue weighted by molar-refractivity contribution is -0.150.